The molecule has 0 aliphatic carbocycles. The average molecular weight is 226 g/mol. The monoisotopic (exact) mass is 226 g/mol. The second kappa shape index (κ2) is 7.35. The number of rotatable bonds is 8. The maximum absolute atomic E-state index is 5.51. The fourth-order valence-electron chi connectivity index (χ4n) is 1.26. The lowest BCUT2D eigenvalue weighted by atomic mass is 10.1. The van der Waals surface area contributed by atoms with Gasteiger partial charge in [-0.1, -0.05) is 13.8 Å². The van der Waals surface area contributed by atoms with Gasteiger partial charge in [-0.05, 0) is 19.4 Å². The van der Waals surface area contributed by atoms with Crippen LogP contribution in [0.4, 0.5) is 0 Å². The molecule has 0 aromatic carbocycles. The van der Waals surface area contributed by atoms with Crippen molar-refractivity contribution in [3.8, 4) is 0 Å². The molecule has 0 saturated carbocycles. The Morgan fingerprint density at radius 2 is 2.25 bits per heavy atom. The maximum Gasteiger partial charge on any atom is 0.164 e. The molecule has 0 aliphatic heterocycles. The zero-order valence-electron chi connectivity index (χ0n) is 10.4. The summed E-state index contributed by atoms with van der Waals surface area (Å²) in [5, 5.41) is 7.31. The van der Waals surface area contributed by atoms with Gasteiger partial charge < -0.3 is 10.1 Å². The molecule has 1 aromatic rings. The summed E-state index contributed by atoms with van der Waals surface area (Å²) in [7, 11) is 1.88. The van der Waals surface area contributed by atoms with Gasteiger partial charge >= 0.3 is 0 Å². The van der Waals surface area contributed by atoms with Crippen LogP contribution in [0, 0.1) is 5.92 Å². The van der Waals surface area contributed by atoms with Crippen molar-refractivity contribution in [2.24, 2.45) is 5.92 Å². The minimum atomic E-state index is 0.702. The highest BCUT2D eigenvalue weighted by Gasteiger charge is 1.99. The van der Waals surface area contributed by atoms with E-state index in [1.165, 1.54) is 0 Å². The number of hydrogen-bond acceptors (Lipinski definition) is 4. The van der Waals surface area contributed by atoms with Gasteiger partial charge in [-0.15, -0.1) is 0 Å². The van der Waals surface area contributed by atoms with Crippen LogP contribution >= 0.6 is 0 Å². The van der Waals surface area contributed by atoms with E-state index in [-0.39, 0.29) is 0 Å². The first-order valence-electron chi connectivity index (χ1n) is 5.83. The number of hydrogen-bond donors (Lipinski definition) is 1. The fraction of sp³-hybridized carbons (Fsp3) is 0.818. The Kier molecular flexibility index (Phi) is 6.03. The van der Waals surface area contributed by atoms with Crippen molar-refractivity contribution >= 4 is 0 Å². The summed E-state index contributed by atoms with van der Waals surface area (Å²) in [6.45, 7) is 7.41. The van der Waals surface area contributed by atoms with E-state index in [4.69, 9.17) is 4.74 Å². The number of aromatic nitrogens is 3. The van der Waals surface area contributed by atoms with E-state index in [1.807, 2.05) is 11.7 Å². The smallest absolute Gasteiger partial charge is 0.164 e. The fourth-order valence-corrected chi connectivity index (χ4v) is 1.26. The summed E-state index contributed by atoms with van der Waals surface area (Å²) < 4.78 is 7.33. The first kappa shape index (κ1) is 13.1. The van der Waals surface area contributed by atoms with Crippen molar-refractivity contribution < 1.29 is 4.74 Å². The van der Waals surface area contributed by atoms with E-state index in [1.54, 1.807) is 6.33 Å². The minimum Gasteiger partial charge on any atom is -0.380 e. The highest BCUT2D eigenvalue weighted by Crippen LogP contribution is 1.98. The third-order valence-corrected chi connectivity index (χ3v) is 2.22. The molecule has 0 aliphatic rings. The van der Waals surface area contributed by atoms with Gasteiger partial charge in [0.1, 0.15) is 6.33 Å². The van der Waals surface area contributed by atoms with E-state index < -0.39 is 0 Å². The highest BCUT2D eigenvalue weighted by molar-refractivity contribution is 4.79. The Balaban J connectivity index is 2.12. The summed E-state index contributed by atoms with van der Waals surface area (Å²) in [5.41, 5.74) is 0. The van der Waals surface area contributed by atoms with Crippen LogP contribution in [0.25, 0.3) is 0 Å². The number of nitrogens with zero attached hydrogens (tertiary/aromatic N) is 3. The molecule has 0 spiro atoms. The van der Waals surface area contributed by atoms with Gasteiger partial charge in [0, 0.05) is 6.61 Å². The van der Waals surface area contributed by atoms with Gasteiger partial charge in [-0.2, -0.15) is 5.10 Å². The summed E-state index contributed by atoms with van der Waals surface area (Å²) in [6.07, 6.45) is 2.86. The van der Waals surface area contributed by atoms with Gasteiger partial charge in [0.2, 0.25) is 0 Å². The van der Waals surface area contributed by atoms with Crippen LogP contribution in [0.15, 0.2) is 6.33 Å². The molecular formula is C11H22N4O. The lowest BCUT2D eigenvalue weighted by molar-refractivity contribution is 0.114. The van der Waals surface area contributed by atoms with Crippen molar-refractivity contribution in [3.05, 3.63) is 12.2 Å². The van der Waals surface area contributed by atoms with E-state index in [2.05, 4.69) is 29.2 Å². The molecule has 0 atom stereocenters. The molecule has 0 amide bonds. The predicted molar refractivity (Wildman–Crippen MR) is 63.1 cm³/mol. The Hall–Kier alpha value is -0.940. The molecule has 1 heterocycles. The van der Waals surface area contributed by atoms with Gasteiger partial charge in [0.15, 0.2) is 5.82 Å². The van der Waals surface area contributed by atoms with Gasteiger partial charge in [-0.3, -0.25) is 4.68 Å². The Morgan fingerprint density at radius 1 is 1.44 bits per heavy atom. The minimum absolute atomic E-state index is 0.702. The summed E-state index contributed by atoms with van der Waals surface area (Å²) in [6, 6.07) is 0. The van der Waals surface area contributed by atoms with Crippen LogP contribution in [-0.4, -0.2) is 35.0 Å². The maximum atomic E-state index is 5.51. The number of nitrogens with one attached hydrogen (secondary N) is 1. The van der Waals surface area contributed by atoms with Crippen molar-refractivity contribution in [1.82, 2.24) is 20.1 Å². The van der Waals surface area contributed by atoms with Crippen LogP contribution in [0.3, 0.4) is 0 Å². The normalized spacial score (nSPS) is 11.2. The van der Waals surface area contributed by atoms with E-state index >= 15 is 0 Å². The molecule has 0 radical (unpaired) electrons. The molecule has 0 saturated heterocycles. The first-order chi connectivity index (χ1) is 7.72. The van der Waals surface area contributed by atoms with Crippen molar-refractivity contribution in [3.63, 3.8) is 0 Å². The second-order valence-corrected chi connectivity index (χ2v) is 4.25. The van der Waals surface area contributed by atoms with Gasteiger partial charge in [0.25, 0.3) is 0 Å². The summed E-state index contributed by atoms with van der Waals surface area (Å²) in [4.78, 5) is 4.17. The summed E-state index contributed by atoms with van der Waals surface area (Å²) in [5.74, 6) is 1.53. The molecule has 16 heavy (non-hydrogen) atoms. The average Bonchev–Trinajstić information content (AvgIpc) is 2.65. The third kappa shape index (κ3) is 5.23. The molecule has 1 rings (SSSR count). The second-order valence-electron chi connectivity index (χ2n) is 4.25. The molecule has 0 fully saturated rings. The lowest BCUT2D eigenvalue weighted by Gasteiger charge is -2.05. The molecule has 0 unspecified atom stereocenters. The Morgan fingerprint density at radius 3 is 2.94 bits per heavy atom. The van der Waals surface area contributed by atoms with Crippen LogP contribution < -0.4 is 5.32 Å². The largest absolute Gasteiger partial charge is 0.380 e. The van der Waals surface area contributed by atoms with Gasteiger partial charge in [0.05, 0.1) is 19.7 Å². The van der Waals surface area contributed by atoms with E-state index in [0.717, 1.165) is 25.4 Å². The standard InChI is InChI=1S/C11H22N4O/c1-10(2)4-6-16-7-5-15-9-13-11(14-15)8-12-3/h9-10,12H,4-8H2,1-3H3. The van der Waals surface area contributed by atoms with Crippen LogP contribution in [0.2, 0.25) is 0 Å². The van der Waals surface area contributed by atoms with Crippen LogP contribution in [0.5, 0.6) is 0 Å². The van der Waals surface area contributed by atoms with Crippen LogP contribution in [-0.2, 0) is 17.8 Å². The quantitative estimate of drug-likeness (QED) is 0.673. The van der Waals surface area contributed by atoms with Crippen molar-refractivity contribution in [2.75, 3.05) is 20.3 Å². The first-order valence-corrected chi connectivity index (χ1v) is 5.83. The molecule has 5 nitrogen and oxygen atoms in total. The number of ether oxygens (including phenoxy) is 1. The molecule has 0 bridgehead atoms. The Labute approximate surface area is 97.2 Å². The molecule has 5 heteroatoms. The van der Waals surface area contributed by atoms with E-state index in [0.29, 0.717) is 19.1 Å². The highest BCUT2D eigenvalue weighted by atomic mass is 16.5. The predicted octanol–water partition coefficient (Wildman–Crippen LogP) is 1.06. The molecule has 92 valence electrons. The summed E-state index contributed by atoms with van der Waals surface area (Å²) >= 11 is 0. The SMILES string of the molecule is CNCc1ncn(CCOCCC(C)C)n1. The topological polar surface area (TPSA) is 52.0 Å². The van der Waals surface area contributed by atoms with E-state index in [9.17, 15) is 0 Å². The van der Waals surface area contributed by atoms with Crippen LogP contribution in [0.1, 0.15) is 26.1 Å². The third-order valence-electron chi connectivity index (χ3n) is 2.22. The Bertz CT molecular complexity index is 285. The van der Waals surface area contributed by atoms with Crippen molar-refractivity contribution in [1.29, 1.82) is 0 Å². The molecule has 1 aromatic heterocycles. The zero-order chi connectivity index (χ0) is 11.8. The zero-order valence-corrected chi connectivity index (χ0v) is 10.4. The molecule has 1 N–H and O–H groups in total. The van der Waals surface area contributed by atoms with Crippen molar-refractivity contribution in [2.45, 2.75) is 33.4 Å². The van der Waals surface area contributed by atoms with Gasteiger partial charge in [-0.25, -0.2) is 4.98 Å². The lowest BCUT2D eigenvalue weighted by Crippen LogP contribution is -2.10. The molecular weight excluding hydrogens is 204 g/mol.